The fourth-order valence-corrected chi connectivity index (χ4v) is 3.31. The lowest BCUT2D eigenvalue weighted by Crippen LogP contribution is -2.35. The highest BCUT2D eigenvalue weighted by Gasteiger charge is 2.40. The summed E-state index contributed by atoms with van der Waals surface area (Å²) >= 11 is 0. The molecule has 1 aliphatic rings. The minimum atomic E-state index is -0.701. The summed E-state index contributed by atoms with van der Waals surface area (Å²) in [7, 11) is 0. The van der Waals surface area contributed by atoms with Crippen LogP contribution in [0.1, 0.15) is 21.5 Å². The molecule has 0 aromatic heterocycles. The van der Waals surface area contributed by atoms with Crippen molar-refractivity contribution >= 4 is 17.5 Å². The number of aryl methyl sites for hydroxylation is 2. The first-order chi connectivity index (χ1) is 13.3. The first-order valence-corrected chi connectivity index (χ1v) is 8.83. The van der Waals surface area contributed by atoms with E-state index in [2.05, 4.69) is 0 Å². The van der Waals surface area contributed by atoms with Gasteiger partial charge in [0.15, 0.2) is 0 Å². The third-order valence-corrected chi connectivity index (χ3v) is 4.86. The Labute approximate surface area is 162 Å². The Morgan fingerprint density at radius 1 is 1.18 bits per heavy atom. The van der Waals surface area contributed by atoms with E-state index in [-0.39, 0.29) is 30.4 Å². The number of likely N-dealkylation sites (tertiary alicyclic amines) is 1. The quantitative estimate of drug-likeness (QED) is 0.628. The molecule has 2 atom stereocenters. The highest BCUT2D eigenvalue weighted by Crippen LogP contribution is 2.27. The lowest BCUT2D eigenvalue weighted by Gasteiger charge is -2.18. The van der Waals surface area contributed by atoms with E-state index in [4.69, 9.17) is 10.5 Å². The van der Waals surface area contributed by atoms with E-state index in [1.54, 1.807) is 11.0 Å². The van der Waals surface area contributed by atoms with E-state index in [0.717, 1.165) is 11.1 Å². The molecule has 28 heavy (non-hydrogen) atoms. The molecule has 1 fully saturated rings. The smallest absolute Gasteiger partial charge is 0.273 e. The number of non-ortho nitro benzene ring substituents is 1. The molecule has 1 aliphatic heterocycles. The molecule has 146 valence electrons. The number of nitrogens with two attached hydrogens (primary N) is 1. The average molecular weight is 383 g/mol. The number of primary amides is 1. The molecule has 3 rings (SSSR count). The van der Waals surface area contributed by atoms with Gasteiger partial charge in [0.1, 0.15) is 11.9 Å². The third kappa shape index (κ3) is 3.95. The van der Waals surface area contributed by atoms with Crippen molar-refractivity contribution in [1.82, 2.24) is 4.90 Å². The largest absolute Gasteiger partial charge is 0.487 e. The zero-order chi connectivity index (χ0) is 20.4. The normalized spacial score (nSPS) is 18.7. The van der Waals surface area contributed by atoms with Crippen molar-refractivity contribution < 1.29 is 19.2 Å². The number of nitro groups is 1. The van der Waals surface area contributed by atoms with Crippen LogP contribution in [0.25, 0.3) is 0 Å². The first-order valence-electron chi connectivity index (χ1n) is 8.83. The van der Waals surface area contributed by atoms with Gasteiger partial charge in [-0.2, -0.15) is 0 Å². The van der Waals surface area contributed by atoms with Crippen LogP contribution in [0.3, 0.4) is 0 Å². The van der Waals surface area contributed by atoms with Crippen LogP contribution in [0.2, 0.25) is 0 Å². The van der Waals surface area contributed by atoms with Gasteiger partial charge < -0.3 is 15.4 Å². The van der Waals surface area contributed by atoms with Gasteiger partial charge in [0.2, 0.25) is 5.91 Å². The van der Waals surface area contributed by atoms with Gasteiger partial charge in [0.25, 0.3) is 11.6 Å². The van der Waals surface area contributed by atoms with Gasteiger partial charge in [-0.15, -0.1) is 0 Å². The van der Waals surface area contributed by atoms with Crippen LogP contribution in [0.5, 0.6) is 5.75 Å². The van der Waals surface area contributed by atoms with Gasteiger partial charge in [-0.25, -0.2) is 0 Å². The van der Waals surface area contributed by atoms with Crippen molar-refractivity contribution in [1.29, 1.82) is 0 Å². The lowest BCUT2D eigenvalue weighted by atomic mass is 10.0. The summed E-state index contributed by atoms with van der Waals surface area (Å²) in [5, 5.41) is 10.9. The van der Waals surface area contributed by atoms with Gasteiger partial charge in [-0.1, -0.05) is 23.8 Å². The van der Waals surface area contributed by atoms with Crippen LogP contribution in [0.15, 0.2) is 42.5 Å². The predicted molar refractivity (Wildman–Crippen MR) is 102 cm³/mol. The summed E-state index contributed by atoms with van der Waals surface area (Å²) < 4.78 is 5.81. The number of nitrogens with zero attached hydrogens (tertiary/aromatic N) is 2. The minimum Gasteiger partial charge on any atom is -0.487 e. The zero-order valence-corrected chi connectivity index (χ0v) is 15.6. The first kappa shape index (κ1) is 19.3. The summed E-state index contributed by atoms with van der Waals surface area (Å²) in [4.78, 5) is 36.8. The predicted octanol–water partition coefficient (Wildman–Crippen LogP) is 2.22. The number of nitro benzene ring substituents is 1. The fraction of sp³-hybridized carbons (Fsp3) is 0.300. The van der Waals surface area contributed by atoms with Crippen molar-refractivity contribution in [2.75, 3.05) is 13.1 Å². The topological polar surface area (TPSA) is 116 Å². The average Bonchev–Trinajstić information content (AvgIpc) is 3.07. The lowest BCUT2D eigenvalue weighted by molar-refractivity contribution is -0.384. The summed E-state index contributed by atoms with van der Waals surface area (Å²) in [6.45, 7) is 4.07. The number of amides is 2. The molecule has 1 heterocycles. The minimum absolute atomic E-state index is 0.116. The molecular formula is C20H21N3O5. The maximum Gasteiger partial charge on any atom is 0.273 e. The number of carbonyl (C=O) groups excluding carboxylic acids is 2. The highest BCUT2D eigenvalue weighted by atomic mass is 16.6. The van der Waals surface area contributed by atoms with Gasteiger partial charge in [0.05, 0.1) is 23.5 Å². The van der Waals surface area contributed by atoms with E-state index in [1.165, 1.54) is 18.2 Å². The molecule has 8 heteroatoms. The second-order valence-electron chi connectivity index (χ2n) is 6.95. The van der Waals surface area contributed by atoms with Gasteiger partial charge in [-0.3, -0.25) is 19.7 Å². The van der Waals surface area contributed by atoms with Crippen LogP contribution in [-0.2, 0) is 4.79 Å². The van der Waals surface area contributed by atoms with E-state index in [9.17, 15) is 19.7 Å². The highest BCUT2D eigenvalue weighted by molar-refractivity contribution is 5.96. The molecule has 0 unspecified atom stereocenters. The zero-order valence-electron chi connectivity index (χ0n) is 15.6. The SMILES string of the molecule is Cc1ccc(C)c(C(=O)N2C[C@H](Oc3cccc([N+](=O)[O-])c3)[C@@H](C(N)=O)C2)c1. The second-order valence-corrected chi connectivity index (χ2v) is 6.95. The van der Waals surface area contributed by atoms with E-state index in [1.807, 2.05) is 32.0 Å². The van der Waals surface area contributed by atoms with Crippen molar-refractivity contribution in [2.24, 2.45) is 11.7 Å². The van der Waals surface area contributed by atoms with E-state index >= 15 is 0 Å². The Kier molecular flexibility index (Phi) is 5.30. The Morgan fingerprint density at radius 3 is 2.61 bits per heavy atom. The Hall–Kier alpha value is -3.42. The molecule has 2 amide bonds. The van der Waals surface area contributed by atoms with Crippen molar-refractivity contribution in [3.63, 3.8) is 0 Å². The number of ether oxygens (including phenoxy) is 1. The van der Waals surface area contributed by atoms with Crippen LogP contribution in [-0.4, -0.2) is 40.8 Å². The monoisotopic (exact) mass is 383 g/mol. The molecular weight excluding hydrogens is 362 g/mol. The number of rotatable bonds is 5. The Bertz CT molecular complexity index is 943. The summed E-state index contributed by atoms with van der Waals surface area (Å²) in [6.07, 6.45) is -0.673. The Morgan fingerprint density at radius 2 is 1.93 bits per heavy atom. The van der Waals surface area contributed by atoms with Crippen molar-refractivity contribution in [3.05, 3.63) is 69.3 Å². The summed E-state index contributed by atoms with van der Waals surface area (Å²) in [6, 6.07) is 11.3. The fourth-order valence-electron chi connectivity index (χ4n) is 3.31. The molecule has 0 radical (unpaired) electrons. The van der Waals surface area contributed by atoms with Gasteiger partial charge in [-0.05, 0) is 31.5 Å². The number of benzene rings is 2. The van der Waals surface area contributed by atoms with E-state index < -0.39 is 22.9 Å². The molecule has 8 nitrogen and oxygen atoms in total. The van der Waals surface area contributed by atoms with E-state index in [0.29, 0.717) is 5.56 Å². The van der Waals surface area contributed by atoms with Crippen molar-refractivity contribution in [2.45, 2.75) is 20.0 Å². The molecule has 1 saturated heterocycles. The number of hydrogen-bond acceptors (Lipinski definition) is 5. The van der Waals surface area contributed by atoms with Crippen LogP contribution >= 0.6 is 0 Å². The standard InChI is InChI=1S/C20H21N3O5/c1-12-6-7-13(2)16(8-12)20(25)22-10-17(19(21)24)18(11-22)28-15-5-3-4-14(9-15)23(26)27/h3-9,17-18H,10-11H2,1-2H3,(H2,21,24)/t17-,18-/m0/s1. The molecule has 0 spiro atoms. The maximum atomic E-state index is 13.0. The number of hydrogen-bond donors (Lipinski definition) is 1. The molecule has 2 N–H and O–H groups in total. The number of carbonyl (C=O) groups is 2. The molecule has 2 aromatic rings. The Balaban J connectivity index is 1.82. The molecule has 0 saturated carbocycles. The molecule has 0 bridgehead atoms. The third-order valence-electron chi connectivity index (χ3n) is 4.86. The molecule has 2 aromatic carbocycles. The van der Waals surface area contributed by atoms with Crippen LogP contribution in [0.4, 0.5) is 5.69 Å². The maximum absolute atomic E-state index is 13.0. The summed E-state index contributed by atoms with van der Waals surface area (Å²) in [5.74, 6) is -1.22. The van der Waals surface area contributed by atoms with Gasteiger partial charge >= 0.3 is 0 Å². The van der Waals surface area contributed by atoms with Crippen LogP contribution in [0, 0.1) is 29.9 Å². The summed E-state index contributed by atoms with van der Waals surface area (Å²) in [5.41, 5.74) is 7.77. The second kappa shape index (κ2) is 7.67. The van der Waals surface area contributed by atoms with Crippen LogP contribution < -0.4 is 10.5 Å². The van der Waals surface area contributed by atoms with Crippen molar-refractivity contribution in [3.8, 4) is 5.75 Å². The molecule has 0 aliphatic carbocycles. The van der Waals surface area contributed by atoms with Gasteiger partial charge in [0, 0.05) is 18.2 Å².